The lowest BCUT2D eigenvalue weighted by atomic mass is 9.96. The van der Waals surface area contributed by atoms with Gasteiger partial charge in [-0.2, -0.15) is 0 Å². The molecule has 2 heterocycles. The fourth-order valence-corrected chi connectivity index (χ4v) is 2.75. The molecule has 0 aliphatic carbocycles. The number of nitrogens with one attached hydrogen (secondary N) is 1. The first-order valence-corrected chi connectivity index (χ1v) is 7.66. The van der Waals surface area contributed by atoms with Crippen LogP contribution in [0.4, 0.5) is 5.82 Å². The second-order valence-corrected chi connectivity index (χ2v) is 5.81. The lowest BCUT2D eigenvalue weighted by Crippen LogP contribution is -2.44. The lowest BCUT2D eigenvalue weighted by molar-refractivity contribution is 0.0496. The summed E-state index contributed by atoms with van der Waals surface area (Å²) < 4.78 is 5.57. The molecule has 0 spiro atoms. The van der Waals surface area contributed by atoms with Gasteiger partial charge in [-0.3, -0.25) is 0 Å². The molecule has 0 bridgehead atoms. The topological polar surface area (TPSA) is 37.4 Å². The Labute approximate surface area is 126 Å². The molecule has 112 valence electrons. The van der Waals surface area contributed by atoms with Crippen LogP contribution in [-0.4, -0.2) is 37.8 Å². The summed E-state index contributed by atoms with van der Waals surface area (Å²) in [4.78, 5) is 6.77. The summed E-state index contributed by atoms with van der Waals surface area (Å²) in [7, 11) is 1.79. The summed E-state index contributed by atoms with van der Waals surface area (Å²) in [6.07, 6.45) is 3.16. The Morgan fingerprint density at radius 1 is 1.55 bits per heavy atom. The van der Waals surface area contributed by atoms with E-state index in [2.05, 4.69) is 35.1 Å². The standard InChI is InChI=1S/C15H24ClN3O/c1-4-17-8-12-7-15(18-9-13(12)16)19-6-5-11(2)14(10-19)20-3/h7,9,11,14,17H,4-6,8,10H2,1-3H3. The summed E-state index contributed by atoms with van der Waals surface area (Å²) in [5, 5.41) is 4.03. The van der Waals surface area contributed by atoms with Gasteiger partial charge in [-0.1, -0.05) is 25.4 Å². The van der Waals surface area contributed by atoms with Crippen molar-refractivity contribution in [3.05, 3.63) is 22.8 Å². The van der Waals surface area contributed by atoms with Crippen molar-refractivity contribution in [3.8, 4) is 0 Å². The molecule has 2 atom stereocenters. The van der Waals surface area contributed by atoms with Gasteiger partial charge in [0.2, 0.25) is 0 Å². The number of anilines is 1. The predicted molar refractivity (Wildman–Crippen MR) is 83.4 cm³/mol. The predicted octanol–water partition coefficient (Wildman–Crippen LogP) is 2.71. The summed E-state index contributed by atoms with van der Waals surface area (Å²) in [6.45, 7) is 7.97. The van der Waals surface area contributed by atoms with Crippen LogP contribution in [0.1, 0.15) is 25.8 Å². The molecule has 2 rings (SSSR count). The van der Waals surface area contributed by atoms with Crippen LogP contribution < -0.4 is 10.2 Å². The maximum absolute atomic E-state index is 6.20. The van der Waals surface area contributed by atoms with Gasteiger partial charge in [-0.25, -0.2) is 4.98 Å². The molecule has 2 unspecified atom stereocenters. The molecule has 1 N–H and O–H groups in total. The molecule has 1 aliphatic rings. The van der Waals surface area contributed by atoms with E-state index in [1.807, 2.05) is 0 Å². The molecule has 5 heteroatoms. The van der Waals surface area contributed by atoms with Gasteiger partial charge in [0.05, 0.1) is 11.1 Å². The summed E-state index contributed by atoms with van der Waals surface area (Å²) in [5.74, 6) is 1.60. The molecule has 0 aromatic carbocycles. The zero-order valence-corrected chi connectivity index (χ0v) is 13.3. The zero-order valence-electron chi connectivity index (χ0n) is 12.5. The molecular weight excluding hydrogens is 274 g/mol. The van der Waals surface area contributed by atoms with E-state index in [0.717, 1.165) is 49.0 Å². The zero-order chi connectivity index (χ0) is 14.5. The molecule has 1 saturated heterocycles. The van der Waals surface area contributed by atoms with Gasteiger partial charge in [-0.05, 0) is 30.5 Å². The van der Waals surface area contributed by atoms with Gasteiger partial charge >= 0.3 is 0 Å². The highest BCUT2D eigenvalue weighted by Crippen LogP contribution is 2.26. The van der Waals surface area contributed by atoms with E-state index in [1.165, 1.54) is 0 Å². The van der Waals surface area contributed by atoms with Crippen molar-refractivity contribution in [2.75, 3.05) is 31.6 Å². The maximum atomic E-state index is 6.20. The number of hydrogen-bond donors (Lipinski definition) is 1. The van der Waals surface area contributed by atoms with Crippen molar-refractivity contribution < 1.29 is 4.74 Å². The molecular formula is C15H24ClN3O. The smallest absolute Gasteiger partial charge is 0.128 e. The van der Waals surface area contributed by atoms with Gasteiger partial charge in [0.1, 0.15) is 5.82 Å². The van der Waals surface area contributed by atoms with Crippen LogP contribution in [0.15, 0.2) is 12.3 Å². The third kappa shape index (κ3) is 3.62. The molecule has 1 fully saturated rings. The Balaban J connectivity index is 2.12. The third-order valence-corrected chi connectivity index (χ3v) is 4.34. The molecule has 0 amide bonds. The SMILES string of the molecule is CCNCc1cc(N2CCC(C)C(OC)C2)ncc1Cl. The van der Waals surface area contributed by atoms with Gasteiger partial charge < -0.3 is 15.0 Å². The first-order valence-electron chi connectivity index (χ1n) is 7.28. The van der Waals surface area contributed by atoms with E-state index in [9.17, 15) is 0 Å². The monoisotopic (exact) mass is 297 g/mol. The normalized spacial score (nSPS) is 23.1. The Kier molecular flexibility index (Phi) is 5.64. The van der Waals surface area contributed by atoms with Crippen molar-refractivity contribution in [3.63, 3.8) is 0 Å². The molecule has 1 aliphatic heterocycles. The lowest BCUT2D eigenvalue weighted by Gasteiger charge is -2.37. The number of ether oxygens (including phenoxy) is 1. The molecule has 1 aromatic heterocycles. The quantitative estimate of drug-likeness (QED) is 0.907. The Morgan fingerprint density at radius 2 is 2.35 bits per heavy atom. The van der Waals surface area contributed by atoms with E-state index in [1.54, 1.807) is 13.3 Å². The Morgan fingerprint density at radius 3 is 3.05 bits per heavy atom. The van der Waals surface area contributed by atoms with Crippen LogP contribution in [0.3, 0.4) is 0 Å². The second kappa shape index (κ2) is 7.25. The van der Waals surface area contributed by atoms with E-state index >= 15 is 0 Å². The van der Waals surface area contributed by atoms with Crippen LogP contribution in [0.25, 0.3) is 0 Å². The van der Waals surface area contributed by atoms with Crippen molar-refractivity contribution in [1.82, 2.24) is 10.3 Å². The highest BCUT2D eigenvalue weighted by atomic mass is 35.5. The number of piperidine rings is 1. The fraction of sp³-hybridized carbons (Fsp3) is 0.667. The average molecular weight is 298 g/mol. The number of methoxy groups -OCH3 is 1. The Bertz CT molecular complexity index is 441. The van der Waals surface area contributed by atoms with E-state index in [-0.39, 0.29) is 6.10 Å². The van der Waals surface area contributed by atoms with Crippen molar-refractivity contribution in [2.45, 2.75) is 32.9 Å². The minimum Gasteiger partial charge on any atom is -0.379 e. The number of rotatable bonds is 5. The number of aromatic nitrogens is 1. The van der Waals surface area contributed by atoms with E-state index in [4.69, 9.17) is 16.3 Å². The van der Waals surface area contributed by atoms with Crippen molar-refractivity contribution >= 4 is 17.4 Å². The second-order valence-electron chi connectivity index (χ2n) is 5.40. The van der Waals surface area contributed by atoms with Gasteiger partial charge in [0.25, 0.3) is 0 Å². The van der Waals surface area contributed by atoms with Crippen LogP contribution in [0.5, 0.6) is 0 Å². The first-order chi connectivity index (χ1) is 9.65. The minimum absolute atomic E-state index is 0.276. The van der Waals surface area contributed by atoms with Crippen LogP contribution in [0.2, 0.25) is 5.02 Å². The highest BCUT2D eigenvalue weighted by Gasteiger charge is 2.26. The Hall–Kier alpha value is -0.840. The van der Waals surface area contributed by atoms with Crippen molar-refractivity contribution in [2.24, 2.45) is 5.92 Å². The first kappa shape index (κ1) is 15.5. The number of halogens is 1. The molecule has 0 saturated carbocycles. The molecule has 1 aromatic rings. The van der Waals surface area contributed by atoms with Gasteiger partial charge in [-0.15, -0.1) is 0 Å². The molecule has 4 nitrogen and oxygen atoms in total. The molecule has 20 heavy (non-hydrogen) atoms. The van der Waals surface area contributed by atoms with Gasteiger partial charge in [0.15, 0.2) is 0 Å². The van der Waals surface area contributed by atoms with Crippen molar-refractivity contribution in [1.29, 1.82) is 0 Å². The van der Waals surface area contributed by atoms with E-state index in [0.29, 0.717) is 5.92 Å². The average Bonchev–Trinajstić information content (AvgIpc) is 2.47. The fourth-order valence-electron chi connectivity index (χ4n) is 2.58. The highest BCUT2D eigenvalue weighted by molar-refractivity contribution is 6.31. The van der Waals surface area contributed by atoms with Crippen LogP contribution in [0, 0.1) is 5.92 Å². The number of nitrogens with zero attached hydrogens (tertiary/aromatic N) is 2. The van der Waals surface area contributed by atoms with E-state index < -0.39 is 0 Å². The maximum Gasteiger partial charge on any atom is 0.128 e. The minimum atomic E-state index is 0.276. The summed E-state index contributed by atoms with van der Waals surface area (Å²) in [6, 6.07) is 2.09. The summed E-state index contributed by atoms with van der Waals surface area (Å²) in [5.41, 5.74) is 1.10. The molecule has 0 radical (unpaired) electrons. The summed E-state index contributed by atoms with van der Waals surface area (Å²) >= 11 is 6.20. The number of hydrogen-bond acceptors (Lipinski definition) is 4. The third-order valence-electron chi connectivity index (χ3n) is 4.00. The van der Waals surface area contributed by atoms with Crippen LogP contribution in [-0.2, 0) is 11.3 Å². The largest absolute Gasteiger partial charge is 0.379 e. The van der Waals surface area contributed by atoms with Crippen LogP contribution >= 0.6 is 11.6 Å². The number of pyridine rings is 1. The van der Waals surface area contributed by atoms with Gasteiger partial charge in [0, 0.05) is 32.9 Å².